The van der Waals surface area contributed by atoms with Crippen LogP contribution in [-0.2, 0) is 0 Å². The van der Waals surface area contributed by atoms with Crippen LogP contribution in [0.5, 0.6) is 0 Å². The number of nitrogens with zero attached hydrogens (tertiary/aromatic N) is 2. The maximum atomic E-state index is 12.1. The third-order valence-corrected chi connectivity index (χ3v) is 3.96. The molecular weight excluding hydrogens is 308 g/mol. The smallest absolute Gasteiger partial charge is 0.283 e. The van der Waals surface area contributed by atoms with Crippen LogP contribution in [0.3, 0.4) is 0 Å². The van der Waals surface area contributed by atoms with Crippen LogP contribution in [0.1, 0.15) is 27.7 Å². The fourth-order valence-electron chi connectivity index (χ4n) is 2.61. The van der Waals surface area contributed by atoms with Crippen molar-refractivity contribution in [2.75, 3.05) is 0 Å². The minimum atomic E-state index is -0.408. The van der Waals surface area contributed by atoms with Gasteiger partial charge in [0, 0.05) is 0 Å². The lowest BCUT2D eigenvalue weighted by Gasteiger charge is -2.23. The fraction of sp³-hybridized carbons (Fsp3) is 0.0588. The van der Waals surface area contributed by atoms with Crippen molar-refractivity contribution in [1.82, 2.24) is 15.0 Å². The first-order valence-electron chi connectivity index (χ1n) is 7.09. The summed E-state index contributed by atoms with van der Waals surface area (Å²) >= 11 is 4.42. The fourth-order valence-corrected chi connectivity index (χ4v) is 2.89. The van der Waals surface area contributed by atoms with Crippen molar-refractivity contribution in [1.29, 1.82) is 0 Å². The monoisotopic (exact) mass is 324 g/mol. The summed E-state index contributed by atoms with van der Waals surface area (Å²) in [6.45, 7) is 0. The van der Waals surface area contributed by atoms with E-state index in [0.717, 1.165) is 11.1 Å². The Balaban J connectivity index is 2.22. The molecule has 3 aromatic rings. The van der Waals surface area contributed by atoms with Gasteiger partial charge in [-0.1, -0.05) is 60.7 Å². The SMILES string of the molecule is NNC(=O)c1cnc(S)n1C(c1ccccc1)c1ccccc1. The zero-order valence-corrected chi connectivity index (χ0v) is 13.1. The number of nitrogen functional groups attached to an aromatic ring is 1. The van der Waals surface area contributed by atoms with Gasteiger partial charge >= 0.3 is 0 Å². The Kier molecular flexibility index (Phi) is 4.45. The molecule has 0 spiro atoms. The number of hydrazine groups is 1. The van der Waals surface area contributed by atoms with Crippen LogP contribution in [0.15, 0.2) is 72.0 Å². The summed E-state index contributed by atoms with van der Waals surface area (Å²) < 4.78 is 1.77. The number of imidazole rings is 1. The Bertz CT molecular complexity index is 762. The van der Waals surface area contributed by atoms with E-state index in [4.69, 9.17) is 5.84 Å². The second kappa shape index (κ2) is 6.68. The predicted molar refractivity (Wildman–Crippen MR) is 91.3 cm³/mol. The molecule has 0 fully saturated rings. The summed E-state index contributed by atoms with van der Waals surface area (Å²) in [5, 5.41) is 0.446. The van der Waals surface area contributed by atoms with E-state index in [1.165, 1.54) is 6.20 Å². The lowest BCUT2D eigenvalue weighted by molar-refractivity contribution is 0.0943. The van der Waals surface area contributed by atoms with E-state index in [1.807, 2.05) is 60.7 Å². The van der Waals surface area contributed by atoms with Crippen molar-refractivity contribution < 1.29 is 4.79 Å². The molecule has 0 aliphatic rings. The molecule has 0 unspecified atom stereocenters. The van der Waals surface area contributed by atoms with Gasteiger partial charge in [-0.15, -0.1) is 12.6 Å². The van der Waals surface area contributed by atoms with Gasteiger partial charge in [0.15, 0.2) is 5.16 Å². The Hall–Kier alpha value is -2.57. The van der Waals surface area contributed by atoms with E-state index in [2.05, 4.69) is 23.0 Å². The number of benzene rings is 2. The molecule has 23 heavy (non-hydrogen) atoms. The third kappa shape index (κ3) is 2.99. The standard InChI is InChI=1S/C17H16N4OS/c18-20-16(22)14-11-19-17(23)21(14)15(12-7-3-1-4-8-12)13-9-5-2-6-10-13/h1-11,15H,18H2,(H,19,23)(H,20,22). The first kappa shape index (κ1) is 15.3. The molecule has 0 radical (unpaired) electrons. The molecule has 0 bridgehead atoms. The van der Waals surface area contributed by atoms with Crippen molar-refractivity contribution in [3.8, 4) is 0 Å². The Morgan fingerprint density at radius 2 is 1.57 bits per heavy atom. The number of hydrogen-bond donors (Lipinski definition) is 3. The van der Waals surface area contributed by atoms with Gasteiger partial charge in [-0.05, 0) is 11.1 Å². The maximum absolute atomic E-state index is 12.1. The van der Waals surface area contributed by atoms with Gasteiger partial charge in [0.1, 0.15) is 5.69 Å². The summed E-state index contributed by atoms with van der Waals surface area (Å²) in [5.41, 5.74) is 4.57. The lowest BCUT2D eigenvalue weighted by Crippen LogP contribution is -2.32. The van der Waals surface area contributed by atoms with Crippen molar-refractivity contribution in [3.05, 3.63) is 83.7 Å². The number of rotatable bonds is 4. The number of carbonyl (C=O) groups is 1. The molecule has 3 N–H and O–H groups in total. The van der Waals surface area contributed by atoms with Crippen LogP contribution in [0.2, 0.25) is 0 Å². The highest BCUT2D eigenvalue weighted by molar-refractivity contribution is 7.80. The van der Waals surface area contributed by atoms with Crippen molar-refractivity contribution >= 4 is 18.5 Å². The van der Waals surface area contributed by atoms with E-state index >= 15 is 0 Å². The molecule has 0 atom stereocenters. The highest BCUT2D eigenvalue weighted by atomic mass is 32.1. The number of aromatic nitrogens is 2. The highest BCUT2D eigenvalue weighted by Gasteiger charge is 2.24. The van der Waals surface area contributed by atoms with Gasteiger partial charge in [-0.25, -0.2) is 10.8 Å². The molecule has 116 valence electrons. The summed E-state index contributed by atoms with van der Waals surface area (Å²) in [5.74, 6) is 4.89. The number of thiol groups is 1. The van der Waals surface area contributed by atoms with Gasteiger partial charge in [0.05, 0.1) is 12.2 Å². The average molecular weight is 324 g/mol. The van der Waals surface area contributed by atoms with E-state index in [-0.39, 0.29) is 6.04 Å². The topological polar surface area (TPSA) is 72.9 Å². The van der Waals surface area contributed by atoms with Gasteiger partial charge in [0.2, 0.25) is 0 Å². The number of amides is 1. The van der Waals surface area contributed by atoms with Crippen molar-refractivity contribution in [2.45, 2.75) is 11.2 Å². The van der Waals surface area contributed by atoms with Crippen LogP contribution in [0, 0.1) is 0 Å². The van der Waals surface area contributed by atoms with E-state index in [9.17, 15) is 4.79 Å². The molecule has 1 aromatic heterocycles. The number of nitrogens with two attached hydrogens (primary N) is 1. The molecule has 0 aliphatic carbocycles. The zero-order chi connectivity index (χ0) is 16.2. The van der Waals surface area contributed by atoms with Gasteiger partial charge in [-0.2, -0.15) is 0 Å². The minimum absolute atomic E-state index is 0.223. The summed E-state index contributed by atoms with van der Waals surface area (Å²) in [6, 6.07) is 19.6. The maximum Gasteiger partial charge on any atom is 0.283 e. The molecular formula is C17H16N4OS. The predicted octanol–water partition coefficient (Wildman–Crippen LogP) is 2.41. The molecule has 2 aromatic carbocycles. The summed E-state index contributed by atoms with van der Waals surface area (Å²) in [4.78, 5) is 16.3. The normalized spacial score (nSPS) is 10.7. The van der Waals surface area contributed by atoms with Crippen LogP contribution in [0.4, 0.5) is 0 Å². The minimum Gasteiger partial charge on any atom is -0.303 e. The van der Waals surface area contributed by atoms with E-state index in [1.54, 1.807) is 4.57 Å². The van der Waals surface area contributed by atoms with Crippen LogP contribution in [0.25, 0.3) is 0 Å². The van der Waals surface area contributed by atoms with E-state index < -0.39 is 5.91 Å². The summed E-state index contributed by atoms with van der Waals surface area (Å²) in [6.07, 6.45) is 1.48. The molecule has 1 amide bonds. The van der Waals surface area contributed by atoms with E-state index in [0.29, 0.717) is 10.9 Å². The van der Waals surface area contributed by atoms with Crippen LogP contribution >= 0.6 is 12.6 Å². The van der Waals surface area contributed by atoms with Gasteiger partial charge in [0.25, 0.3) is 5.91 Å². The molecule has 0 saturated heterocycles. The van der Waals surface area contributed by atoms with Gasteiger partial charge in [-0.3, -0.25) is 10.2 Å². The Labute approximate surface area is 139 Å². The largest absolute Gasteiger partial charge is 0.303 e. The zero-order valence-electron chi connectivity index (χ0n) is 12.3. The average Bonchev–Trinajstić information content (AvgIpc) is 2.98. The van der Waals surface area contributed by atoms with Gasteiger partial charge < -0.3 is 4.57 Å². The second-order valence-corrected chi connectivity index (χ2v) is 5.41. The second-order valence-electron chi connectivity index (χ2n) is 5.01. The molecule has 3 rings (SSSR count). The Morgan fingerprint density at radius 3 is 2.04 bits per heavy atom. The molecule has 1 heterocycles. The first-order chi connectivity index (χ1) is 11.2. The van der Waals surface area contributed by atoms with Crippen molar-refractivity contribution in [3.63, 3.8) is 0 Å². The van der Waals surface area contributed by atoms with Crippen molar-refractivity contribution in [2.24, 2.45) is 5.84 Å². The summed E-state index contributed by atoms with van der Waals surface area (Å²) in [7, 11) is 0. The Morgan fingerprint density at radius 1 is 1.04 bits per heavy atom. The highest BCUT2D eigenvalue weighted by Crippen LogP contribution is 2.30. The molecule has 0 aliphatic heterocycles. The number of nitrogens with one attached hydrogen (secondary N) is 1. The molecule has 0 saturated carbocycles. The van der Waals surface area contributed by atoms with Crippen LogP contribution in [-0.4, -0.2) is 15.5 Å². The lowest BCUT2D eigenvalue weighted by atomic mass is 9.98. The number of carbonyl (C=O) groups excluding carboxylic acids is 1. The van der Waals surface area contributed by atoms with Crippen LogP contribution < -0.4 is 11.3 Å². The number of hydrogen-bond acceptors (Lipinski definition) is 4. The quantitative estimate of drug-likeness (QED) is 0.299. The third-order valence-electron chi connectivity index (χ3n) is 3.63. The molecule has 6 heteroatoms. The molecule has 5 nitrogen and oxygen atoms in total. The first-order valence-corrected chi connectivity index (χ1v) is 7.54.